The van der Waals surface area contributed by atoms with Gasteiger partial charge in [0, 0.05) is 33.8 Å². The average Bonchev–Trinajstić information content (AvgIpc) is 3.64. The van der Waals surface area contributed by atoms with Crippen molar-refractivity contribution in [3.8, 4) is 22.6 Å². The maximum Gasteiger partial charge on any atom is 0.253 e. The van der Waals surface area contributed by atoms with Gasteiger partial charge in [0.2, 0.25) is 12.7 Å². The highest BCUT2D eigenvalue weighted by molar-refractivity contribution is 6.02. The van der Waals surface area contributed by atoms with Gasteiger partial charge in [-0.25, -0.2) is 0 Å². The van der Waals surface area contributed by atoms with Gasteiger partial charge in [-0.2, -0.15) is 0 Å². The number of aliphatic hydroxyl groups is 1. The lowest BCUT2D eigenvalue weighted by Crippen LogP contribution is -2.39. The molecule has 1 saturated carbocycles. The van der Waals surface area contributed by atoms with Crippen molar-refractivity contribution in [3.05, 3.63) is 77.4 Å². The lowest BCUT2D eigenvalue weighted by atomic mass is 9.94. The quantitative estimate of drug-likeness (QED) is 0.458. The van der Waals surface area contributed by atoms with E-state index in [1.54, 1.807) is 0 Å². The van der Waals surface area contributed by atoms with Gasteiger partial charge in [0.05, 0.1) is 5.41 Å². The highest BCUT2D eigenvalue weighted by atomic mass is 16.7. The summed E-state index contributed by atoms with van der Waals surface area (Å²) in [6, 6.07) is 19.4. The summed E-state index contributed by atoms with van der Waals surface area (Å²) >= 11 is 0. The summed E-state index contributed by atoms with van der Waals surface area (Å²) in [4.78, 5) is 28.2. The van der Waals surface area contributed by atoms with Gasteiger partial charge in [0.25, 0.3) is 5.91 Å². The average molecular weight is 517 g/mol. The van der Waals surface area contributed by atoms with Crippen molar-refractivity contribution in [2.24, 2.45) is 5.92 Å². The van der Waals surface area contributed by atoms with Crippen LogP contribution in [0.3, 0.4) is 0 Å². The van der Waals surface area contributed by atoms with E-state index in [1.165, 1.54) is 0 Å². The number of fused-ring (bicyclic) bond motifs is 1. The molecule has 0 aromatic heterocycles. The third kappa shape index (κ3) is 4.52. The number of aliphatic hydroxyl groups excluding tert-OH is 1. The van der Waals surface area contributed by atoms with Crippen LogP contribution in [0.15, 0.2) is 60.7 Å². The number of aryl methyl sites for hydroxylation is 1. The van der Waals surface area contributed by atoms with E-state index >= 15 is 0 Å². The fourth-order valence-electron chi connectivity index (χ4n) is 5.52. The molecule has 6 rings (SSSR count). The summed E-state index contributed by atoms with van der Waals surface area (Å²) in [7, 11) is 0. The minimum Gasteiger partial charge on any atom is -0.454 e. The second-order valence-electron chi connectivity index (χ2n) is 10.6. The Kier molecular flexibility index (Phi) is 6.32. The molecule has 2 fully saturated rings. The molecule has 7 nitrogen and oxygen atoms in total. The summed E-state index contributed by atoms with van der Waals surface area (Å²) in [5.74, 6) is 1.72. The minimum absolute atomic E-state index is 0. The molecule has 2 N–H and O–H groups in total. The standard InChI is InChI=1S/C31H32N2O5.2H2/c1-20-2-8-25(32-30(36)31(12-13-31)24-7-9-27-28(16-24)38-19-37-27)17-26(20)22-3-5-23(6-4-22)29(35)33-14-10-21(18-34)11-15-33;;/h2-9,16-17,21,34H,10-15,18-19H2,1H3,(H,32,36);2*1H. The molecule has 2 heterocycles. The van der Waals surface area contributed by atoms with Crippen LogP contribution in [-0.2, 0) is 10.2 Å². The first-order valence-corrected chi connectivity index (χ1v) is 13.3. The van der Waals surface area contributed by atoms with Gasteiger partial charge in [-0.05, 0) is 97.2 Å². The molecule has 3 aromatic rings. The SMILES string of the molecule is Cc1ccc(NC(=O)C2(c3ccc4c(c3)OCO4)CC2)cc1-c1ccc(C(=O)N2CCC(CO)CC2)cc1.[HH].[HH]. The number of piperidine rings is 1. The van der Waals surface area contributed by atoms with E-state index < -0.39 is 5.41 Å². The van der Waals surface area contributed by atoms with Crippen molar-refractivity contribution < 1.29 is 27.0 Å². The van der Waals surface area contributed by atoms with Gasteiger partial charge in [-0.3, -0.25) is 9.59 Å². The van der Waals surface area contributed by atoms with Crippen LogP contribution in [0, 0.1) is 12.8 Å². The van der Waals surface area contributed by atoms with Crippen LogP contribution < -0.4 is 14.8 Å². The van der Waals surface area contributed by atoms with E-state index in [2.05, 4.69) is 5.32 Å². The number of anilines is 1. The number of hydrogen-bond acceptors (Lipinski definition) is 5. The number of nitrogens with one attached hydrogen (secondary N) is 1. The maximum absolute atomic E-state index is 13.4. The Bertz CT molecular complexity index is 1380. The Morgan fingerprint density at radius 3 is 2.45 bits per heavy atom. The third-order valence-corrected chi connectivity index (χ3v) is 8.21. The highest BCUT2D eigenvalue weighted by Crippen LogP contribution is 2.51. The summed E-state index contributed by atoms with van der Waals surface area (Å²) in [5.41, 5.74) is 4.91. The molecule has 2 amide bonds. The Balaban J connectivity index is 0.00000185. The monoisotopic (exact) mass is 516 g/mol. The summed E-state index contributed by atoms with van der Waals surface area (Å²) < 4.78 is 10.9. The predicted molar refractivity (Wildman–Crippen MR) is 149 cm³/mol. The molecule has 200 valence electrons. The van der Waals surface area contributed by atoms with Gasteiger partial charge in [-0.15, -0.1) is 0 Å². The van der Waals surface area contributed by atoms with Crippen molar-refractivity contribution >= 4 is 17.5 Å². The lowest BCUT2D eigenvalue weighted by molar-refractivity contribution is -0.118. The zero-order valence-corrected chi connectivity index (χ0v) is 21.5. The first kappa shape index (κ1) is 24.5. The normalized spacial score (nSPS) is 17.8. The van der Waals surface area contributed by atoms with Crippen molar-refractivity contribution in [2.75, 3.05) is 31.8 Å². The lowest BCUT2D eigenvalue weighted by Gasteiger charge is -2.31. The molecule has 0 bridgehead atoms. The Morgan fingerprint density at radius 2 is 1.74 bits per heavy atom. The van der Waals surface area contributed by atoms with E-state index in [9.17, 15) is 14.7 Å². The Hall–Kier alpha value is -3.84. The second kappa shape index (κ2) is 9.80. The summed E-state index contributed by atoms with van der Waals surface area (Å²) in [6.45, 7) is 3.80. The summed E-state index contributed by atoms with van der Waals surface area (Å²) in [5, 5.41) is 12.5. The fraction of sp³-hybridized carbons (Fsp3) is 0.355. The zero-order valence-electron chi connectivity index (χ0n) is 21.5. The number of amides is 2. The van der Waals surface area contributed by atoms with Crippen LogP contribution in [0.5, 0.6) is 11.5 Å². The number of benzene rings is 3. The number of carbonyl (C=O) groups excluding carboxylic acids is 2. The Labute approximate surface area is 225 Å². The number of rotatable bonds is 6. The molecule has 38 heavy (non-hydrogen) atoms. The first-order valence-electron chi connectivity index (χ1n) is 13.3. The maximum atomic E-state index is 13.4. The van der Waals surface area contributed by atoms with Crippen molar-refractivity contribution in [2.45, 2.75) is 38.0 Å². The van der Waals surface area contributed by atoms with Crippen molar-refractivity contribution in [1.82, 2.24) is 4.90 Å². The molecule has 0 unspecified atom stereocenters. The second-order valence-corrected chi connectivity index (χ2v) is 10.6. The van der Waals surface area contributed by atoms with Gasteiger partial charge in [0.15, 0.2) is 11.5 Å². The molecule has 2 aliphatic heterocycles. The van der Waals surface area contributed by atoms with Gasteiger partial charge < -0.3 is 24.8 Å². The number of hydrogen-bond donors (Lipinski definition) is 2. The molecule has 7 heteroatoms. The van der Waals surface area contributed by atoms with Crippen molar-refractivity contribution in [3.63, 3.8) is 0 Å². The first-order chi connectivity index (χ1) is 18.5. The zero-order chi connectivity index (χ0) is 26.3. The number of nitrogens with zero attached hydrogens (tertiary/aromatic N) is 1. The molecule has 0 atom stereocenters. The van der Waals surface area contributed by atoms with Crippen LogP contribution in [0.25, 0.3) is 11.1 Å². The van der Waals surface area contributed by atoms with E-state index in [0.717, 1.165) is 53.6 Å². The molecule has 0 radical (unpaired) electrons. The van der Waals surface area contributed by atoms with Crippen molar-refractivity contribution in [1.29, 1.82) is 0 Å². The van der Waals surface area contributed by atoms with Gasteiger partial charge in [0.1, 0.15) is 0 Å². The number of ether oxygens (including phenoxy) is 2. The van der Waals surface area contributed by atoms with Crippen LogP contribution >= 0.6 is 0 Å². The smallest absolute Gasteiger partial charge is 0.253 e. The molecular formula is C31H36N2O5. The minimum atomic E-state index is -0.542. The van der Waals surface area contributed by atoms with Crippen LogP contribution in [0.1, 0.15) is 50.0 Å². The third-order valence-electron chi connectivity index (χ3n) is 8.21. The molecule has 0 spiro atoms. The van der Waals surface area contributed by atoms with E-state index in [0.29, 0.717) is 36.1 Å². The van der Waals surface area contributed by atoms with E-state index in [4.69, 9.17) is 9.47 Å². The van der Waals surface area contributed by atoms with E-state index in [1.807, 2.05) is 72.5 Å². The van der Waals surface area contributed by atoms with E-state index in [-0.39, 0.29) is 28.1 Å². The highest BCUT2D eigenvalue weighted by Gasteiger charge is 2.51. The molecule has 1 saturated heterocycles. The van der Waals surface area contributed by atoms with Gasteiger partial charge >= 0.3 is 0 Å². The fourth-order valence-corrected chi connectivity index (χ4v) is 5.52. The van der Waals surface area contributed by atoms with Crippen LogP contribution in [0.4, 0.5) is 5.69 Å². The number of carbonyl (C=O) groups is 2. The number of likely N-dealkylation sites (tertiary alicyclic amines) is 1. The molecular weight excluding hydrogens is 480 g/mol. The van der Waals surface area contributed by atoms with Crippen LogP contribution in [-0.4, -0.2) is 48.3 Å². The topological polar surface area (TPSA) is 88.1 Å². The summed E-state index contributed by atoms with van der Waals surface area (Å²) in [6.07, 6.45) is 3.27. The van der Waals surface area contributed by atoms with Gasteiger partial charge in [-0.1, -0.05) is 24.3 Å². The Morgan fingerprint density at radius 1 is 1.00 bits per heavy atom. The van der Waals surface area contributed by atoms with Crippen LogP contribution in [0.2, 0.25) is 0 Å². The molecule has 3 aromatic carbocycles. The largest absolute Gasteiger partial charge is 0.454 e. The molecule has 1 aliphatic carbocycles. The molecule has 3 aliphatic rings. The predicted octanol–water partition coefficient (Wildman–Crippen LogP) is 5.40.